The molecule has 5 heteroatoms. The first-order valence-corrected chi connectivity index (χ1v) is 12.9. The van der Waals surface area contributed by atoms with E-state index in [4.69, 9.17) is 4.74 Å². The molecule has 2 bridgehead atoms. The van der Waals surface area contributed by atoms with Gasteiger partial charge in [0.05, 0.1) is 26.2 Å². The lowest BCUT2D eigenvalue weighted by Crippen LogP contribution is -2.65. The van der Waals surface area contributed by atoms with Gasteiger partial charge in [0, 0.05) is 35.7 Å². The van der Waals surface area contributed by atoms with Gasteiger partial charge in [-0.15, -0.1) is 11.3 Å². The highest BCUT2D eigenvalue weighted by Crippen LogP contribution is 2.36. The number of aryl methyl sites for hydroxylation is 1. The largest absolute Gasteiger partial charge is 0.440 e. The standard InChI is InChI=1S/C28H33N2O2S/c1-22-7-5-10-25(19-22)29(20-26-11-6-18-33-26)28(31)32-27-21-30(16-13-24(27)14-17-30)15-12-23-8-3-2-4-9-23/h2-11,18-19,24,27H,12-17,20-21H2,1H3/q+1. The Balaban J connectivity index is 1.29. The van der Waals surface area contributed by atoms with E-state index in [0.29, 0.717) is 12.5 Å². The molecule has 1 amide bonds. The van der Waals surface area contributed by atoms with Gasteiger partial charge in [-0.05, 0) is 41.6 Å². The fraction of sp³-hybridized carbons (Fsp3) is 0.393. The van der Waals surface area contributed by atoms with Crippen molar-refractivity contribution in [2.45, 2.75) is 38.8 Å². The number of hydrogen-bond donors (Lipinski definition) is 0. The van der Waals surface area contributed by atoms with E-state index in [1.807, 2.05) is 23.1 Å². The zero-order valence-corrected chi connectivity index (χ0v) is 20.2. The quantitative estimate of drug-likeness (QED) is 0.401. The van der Waals surface area contributed by atoms with Crippen molar-refractivity contribution in [3.63, 3.8) is 0 Å². The van der Waals surface area contributed by atoms with Gasteiger partial charge in [0.15, 0.2) is 6.10 Å². The molecule has 2 aromatic carbocycles. The molecular formula is C28H33N2O2S+. The highest BCUT2D eigenvalue weighted by molar-refractivity contribution is 7.09. The Morgan fingerprint density at radius 1 is 1.06 bits per heavy atom. The Morgan fingerprint density at radius 3 is 2.61 bits per heavy atom. The topological polar surface area (TPSA) is 29.5 Å². The molecule has 0 spiro atoms. The third kappa shape index (κ3) is 5.15. The molecule has 0 N–H and O–H groups in total. The van der Waals surface area contributed by atoms with Crippen LogP contribution in [0.25, 0.3) is 0 Å². The molecule has 1 unspecified atom stereocenters. The van der Waals surface area contributed by atoms with Crippen LogP contribution in [-0.2, 0) is 17.7 Å². The SMILES string of the molecule is Cc1cccc(N(Cc2cccs2)C(=O)OC2C[N+]3(CCc4ccccc4)CCC2CC3)c1. The molecule has 1 atom stereocenters. The maximum Gasteiger partial charge on any atom is 0.415 e. The van der Waals surface area contributed by atoms with E-state index < -0.39 is 0 Å². The van der Waals surface area contributed by atoms with E-state index in [2.05, 4.69) is 60.8 Å². The zero-order chi connectivity index (χ0) is 22.7. The minimum atomic E-state index is -0.214. The first-order chi connectivity index (χ1) is 16.1. The smallest absolute Gasteiger partial charge is 0.415 e. The monoisotopic (exact) mass is 461 g/mol. The van der Waals surface area contributed by atoms with Crippen molar-refractivity contribution in [2.75, 3.05) is 31.1 Å². The molecule has 3 aliphatic rings. The maximum absolute atomic E-state index is 13.5. The number of rotatable bonds is 7. The molecule has 3 fully saturated rings. The lowest BCUT2D eigenvalue weighted by Gasteiger charge is -2.52. The number of piperidine rings is 3. The second-order valence-corrected chi connectivity index (χ2v) is 10.7. The van der Waals surface area contributed by atoms with Gasteiger partial charge in [0.2, 0.25) is 0 Å². The summed E-state index contributed by atoms with van der Waals surface area (Å²) < 4.78 is 7.37. The minimum Gasteiger partial charge on any atom is -0.440 e. The fourth-order valence-corrected chi connectivity index (χ4v) is 6.18. The summed E-state index contributed by atoms with van der Waals surface area (Å²) in [5, 5.41) is 2.06. The van der Waals surface area contributed by atoms with E-state index in [-0.39, 0.29) is 12.2 Å². The van der Waals surface area contributed by atoms with Crippen molar-refractivity contribution in [1.29, 1.82) is 0 Å². The van der Waals surface area contributed by atoms with Crippen molar-refractivity contribution >= 4 is 23.1 Å². The van der Waals surface area contributed by atoms with E-state index in [9.17, 15) is 4.79 Å². The van der Waals surface area contributed by atoms with Gasteiger partial charge in [0.25, 0.3) is 0 Å². The van der Waals surface area contributed by atoms with Crippen molar-refractivity contribution in [3.8, 4) is 0 Å². The molecule has 1 aromatic heterocycles. The Morgan fingerprint density at radius 2 is 1.88 bits per heavy atom. The highest BCUT2D eigenvalue weighted by Gasteiger charge is 2.47. The molecule has 3 aliphatic heterocycles. The normalized spacial score (nSPS) is 23.9. The molecule has 0 saturated carbocycles. The number of quaternary nitrogens is 1. The molecule has 0 radical (unpaired) electrons. The predicted octanol–water partition coefficient (Wildman–Crippen LogP) is 6.05. The maximum atomic E-state index is 13.5. The average molecular weight is 462 g/mol. The molecule has 33 heavy (non-hydrogen) atoms. The number of amides is 1. The molecule has 4 nitrogen and oxygen atoms in total. The number of nitrogens with zero attached hydrogens (tertiary/aromatic N) is 2. The summed E-state index contributed by atoms with van der Waals surface area (Å²) in [7, 11) is 0. The van der Waals surface area contributed by atoms with Crippen LogP contribution in [0.2, 0.25) is 0 Å². The Labute approximate surface area is 201 Å². The van der Waals surface area contributed by atoms with Crippen LogP contribution in [0.15, 0.2) is 72.1 Å². The summed E-state index contributed by atoms with van der Waals surface area (Å²) in [5.74, 6) is 0.492. The molecule has 172 valence electrons. The first-order valence-electron chi connectivity index (χ1n) is 12.1. The summed E-state index contributed by atoms with van der Waals surface area (Å²) in [6, 6.07) is 23.0. The van der Waals surface area contributed by atoms with E-state index in [1.54, 1.807) is 11.3 Å². The zero-order valence-electron chi connectivity index (χ0n) is 19.4. The molecule has 6 rings (SSSR count). The van der Waals surface area contributed by atoms with Gasteiger partial charge < -0.3 is 9.22 Å². The summed E-state index contributed by atoms with van der Waals surface area (Å²) in [6.45, 7) is 7.10. The summed E-state index contributed by atoms with van der Waals surface area (Å²) in [4.78, 5) is 16.5. The third-order valence-electron chi connectivity index (χ3n) is 7.44. The third-order valence-corrected chi connectivity index (χ3v) is 8.30. The van der Waals surface area contributed by atoms with E-state index in [0.717, 1.165) is 53.0 Å². The number of anilines is 1. The lowest BCUT2D eigenvalue weighted by atomic mass is 9.83. The summed E-state index contributed by atoms with van der Waals surface area (Å²) in [5.41, 5.74) is 3.44. The Kier molecular flexibility index (Phi) is 6.52. The van der Waals surface area contributed by atoms with Gasteiger partial charge in [-0.25, -0.2) is 4.79 Å². The molecule has 3 saturated heterocycles. The van der Waals surface area contributed by atoms with Crippen molar-refractivity contribution in [2.24, 2.45) is 5.92 Å². The molecule has 0 aliphatic carbocycles. The van der Waals surface area contributed by atoms with Crippen LogP contribution in [0.1, 0.15) is 28.8 Å². The van der Waals surface area contributed by atoms with Crippen molar-refractivity contribution in [1.82, 2.24) is 0 Å². The fourth-order valence-electron chi connectivity index (χ4n) is 5.49. The van der Waals surface area contributed by atoms with Crippen molar-refractivity contribution < 1.29 is 14.0 Å². The summed E-state index contributed by atoms with van der Waals surface area (Å²) in [6.07, 6.45) is 3.19. The van der Waals surface area contributed by atoms with Crippen LogP contribution in [0, 0.1) is 12.8 Å². The first kappa shape index (κ1) is 22.2. The number of carbonyl (C=O) groups is 1. The molecule has 3 aromatic rings. The van der Waals surface area contributed by atoms with Gasteiger partial charge in [-0.3, -0.25) is 4.90 Å². The van der Waals surface area contributed by atoms with Crippen LogP contribution in [0.3, 0.4) is 0 Å². The number of thiophene rings is 1. The number of hydrogen-bond acceptors (Lipinski definition) is 3. The van der Waals surface area contributed by atoms with Crippen LogP contribution in [0.5, 0.6) is 0 Å². The van der Waals surface area contributed by atoms with Crippen LogP contribution >= 0.6 is 11.3 Å². The lowest BCUT2D eigenvalue weighted by molar-refractivity contribution is -0.945. The van der Waals surface area contributed by atoms with Gasteiger partial charge >= 0.3 is 6.09 Å². The average Bonchev–Trinajstić information content (AvgIpc) is 3.36. The summed E-state index contributed by atoms with van der Waals surface area (Å²) >= 11 is 1.68. The van der Waals surface area contributed by atoms with E-state index >= 15 is 0 Å². The van der Waals surface area contributed by atoms with Crippen LogP contribution in [0.4, 0.5) is 10.5 Å². The Bertz CT molecular complexity index is 1060. The molecular weight excluding hydrogens is 428 g/mol. The van der Waals surface area contributed by atoms with Crippen molar-refractivity contribution in [3.05, 3.63) is 88.1 Å². The Hall–Kier alpha value is -2.63. The van der Waals surface area contributed by atoms with Gasteiger partial charge in [0.1, 0.15) is 6.54 Å². The highest BCUT2D eigenvalue weighted by atomic mass is 32.1. The minimum absolute atomic E-state index is 0.00594. The predicted molar refractivity (Wildman–Crippen MR) is 135 cm³/mol. The van der Waals surface area contributed by atoms with Gasteiger partial charge in [-0.1, -0.05) is 48.5 Å². The number of benzene rings is 2. The number of ether oxygens (including phenoxy) is 1. The number of fused-ring (bicyclic) bond motifs is 3. The van der Waals surface area contributed by atoms with E-state index in [1.165, 1.54) is 18.7 Å². The van der Waals surface area contributed by atoms with Gasteiger partial charge in [-0.2, -0.15) is 0 Å². The van der Waals surface area contributed by atoms with Crippen LogP contribution in [-0.4, -0.2) is 42.9 Å². The number of carbonyl (C=O) groups excluding carboxylic acids is 1. The molecule has 4 heterocycles. The second-order valence-electron chi connectivity index (χ2n) is 9.69. The second kappa shape index (κ2) is 9.70. The van der Waals surface area contributed by atoms with Crippen LogP contribution < -0.4 is 4.90 Å².